The summed E-state index contributed by atoms with van der Waals surface area (Å²) in [5.41, 5.74) is 0.670. The molecular weight excluding hydrogens is 364 g/mol. The second-order valence-electron chi connectivity index (χ2n) is 4.73. The molecule has 0 amide bonds. The van der Waals surface area contributed by atoms with Gasteiger partial charge in [-0.2, -0.15) is 0 Å². The average molecular weight is 378 g/mol. The maximum Gasteiger partial charge on any atom is 0.240 e. The van der Waals surface area contributed by atoms with Crippen LogP contribution in [0.5, 0.6) is 5.75 Å². The van der Waals surface area contributed by atoms with Gasteiger partial charge in [-0.05, 0) is 48.9 Å². The zero-order valence-corrected chi connectivity index (χ0v) is 14.5. The van der Waals surface area contributed by atoms with Gasteiger partial charge in [0.1, 0.15) is 18.2 Å². The molecule has 0 heterocycles. The van der Waals surface area contributed by atoms with Crippen molar-refractivity contribution >= 4 is 33.2 Å². The van der Waals surface area contributed by atoms with Gasteiger partial charge in [-0.3, -0.25) is 0 Å². The summed E-state index contributed by atoms with van der Waals surface area (Å²) in [6.07, 6.45) is 0. The maximum absolute atomic E-state index is 12.9. The van der Waals surface area contributed by atoms with E-state index in [4.69, 9.17) is 27.9 Å². The number of halogens is 3. The fourth-order valence-corrected chi connectivity index (χ4v) is 3.23. The van der Waals surface area contributed by atoms with E-state index in [1.165, 1.54) is 30.3 Å². The van der Waals surface area contributed by atoms with E-state index in [0.29, 0.717) is 10.6 Å². The van der Waals surface area contributed by atoms with Crippen molar-refractivity contribution in [1.82, 2.24) is 4.72 Å². The number of ether oxygens (including phenoxy) is 1. The Bertz CT molecular complexity index is 812. The van der Waals surface area contributed by atoms with Gasteiger partial charge in [0.25, 0.3) is 0 Å². The van der Waals surface area contributed by atoms with Crippen LogP contribution < -0.4 is 9.46 Å². The Hall–Kier alpha value is -1.34. The SMILES string of the molecule is Cc1cc(S(=O)(=O)NCCOc2ccc(F)cc2Cl)ccc1Cl. The molecule has 2 aromatic rings. The zero-order valence-electron chi connectivity index (χ0n) is 12.1. The Morgan fingerprint density at radius 3 is 2.52 bits per heavy atom. The van der Waals surface area contributed by atoms with Crippen LogP contribution in [0.25, 0.3) is 0 Å². The Kier molecular flexibility index (Phi) is 5.86. The fraction of sp³-hybridized carbons (Fsp3) is 0.200. The van der Waals surface area contributed by atoms with Crippen molar-refractivity contribution in [2.45, 2.75) is 11.8 Å². The number of rotatable bonds is 6. The van der Waals surface area contributed by atoms with Gasteiger partial charge in [0, 0.05) is 11.6 Å². The highest BCUT2D eigenvalue weighted by Crippen LogP contribution is 2.24. The minimum atomic E-state index is -3.65. The molecule has 0 aliphatic rings. The van der Waals surface area contributed by atoms with Crippen molar-refractivity contribution in [3.05, 3.63) is 57.8 Å². The molecule has 0 atom stereocenters. The molecular formula is C15H14Cl2FNO3S. The van der Waals surface area contributed by atoms with E-state index in [-0.39, 0.29) is 28.8 Å². The van der Waals surface area contributed by atoms with E-state index >= 15 is 0 Å². The van der Waals surface area contributed by atoms with E-state index in [0.717, 1.165) is 6.07 Å². The summed E-state index contributed by atoms with van der Waals surface area (Å²) in [5.74, 6) is -0.184. The molecule has 1 N–H and O–H groups in total. The molecule has 4 nitrogen and oxygen atoms in total. The summed E-state index contributed by atoms with van der Waals surface area (Å²) in [7, 11) is -3.65. The fourth-order valence-electron chi connectivity index (χ4n) is 1.80. The Labute approximate surface area is 144 Å². The number of nitrogens with one attached hydrogen (secondary N) is 1. The van der Waals surface area contributed by atoms with Gasteiger partial charge < -0.3 is 4.74 Å². The molecule has 0 radical (unpaired) electrons. The first-order valence-corrected chi connectivity index (χ1v) is 8.87. The number of hydrogen-bond donors (Lipinski definition) is 1. The van der Waals surface area contributed by atoms with Crippen LogP contribution in [0, 0.1) is 12.7 Å². The summed E-state index contributed by atoms with van der Waals surface area (Å²) < 4.78 is 44.9. The van der Waals surface area contributed by atoms with Crippen molar-refractivity contribution in [3.8, 4) is 5.75 Å². The molecule has 124 valence electrons. The van der Waals surface area contributed by atoms with Crippen LogP contribution in [-0.4, -0.2) is 21.6 Å². The topological polar surface area (TPSA) is 55.4 Å². The van der Waals surface area contributed by atoms with Gasteiger partial charge in [-0.1, -0.05) is 23.2 Å². The molecule has 0 aliphatic carbocycles. The Morgan fingerprint density at radius 2 is 1.87 bits per heavy atom. The quantitative estimate of drug-likeness (QED) is 0.778. The van der Waals surface area contributed by atoms with E-state index in [1.54, 1.807) is 6.92 Å². The predicted molar refractivity (Wildman–Crippen MR) is 88.3 cm³/mol. The lowest BCUT2D eigenvalue weighted by atomic mass is 10.2. The van der Waals surface area contributed by atoms with Crippen LogP contribution in [0.2, 0.25) is 10.0 Å². The summed E-state index contributed by atoms with van der Waals surface area (Å²) in [6.45, 7) is 1.82. The first-order valence-electron chi connectivity index (χ1n) is 6.63. The summed E-state index contributed by atoms with van der Waals surface area (Å²) in [4.78, 5) is 0.124. The van der Waals surface area contributed by atoms with E-state index in [1.807, 2.05) is 0 Å². The van der Waals surface area contributed by atoms with Gasteiger partial charge in [0.15, 0.2) is 0 Å². The third-order valence-electron chi connectivity index (χ3n) is 2.99. The van der Waals surface area contributed by atoms with Gasteiger partial charge in [0.2, 0.25) is 10.0 Å². The highest BCUT2D eigenvalue weighted by molar-refractivity contribution is 7.89. The molecule has 0 saturated carbocycles. The Balaban J connectivity index is 1.93. The summed E-state index contributed by atoms with van der Waals surface area (Å²) in [6, 6.07) is 8.16. The first kappa shape index (κ1) is 18.0. The lowest BCUT2D eigenvalue weighted by Crippen LogP contribution is -2.28. The molecule has 23 heavy (non-hydrogen) atoms. The van der Waals surface area contributed by atoms with Crippen LogP contribution >= 0.6 is 23.2 Å². The zero-order chi connectivity index (χ0) is 17.0. The molecule has 0 aromatic heterocycles. The monoisotopic (exact) mass is 377 g/mol. The highest BCUT2D eigenvalue weighted by Gasteiger charge is 2.14. The van der Waals surface area contributed by atoms with Crippen molar-refractivity contribution in [1.29, 1.82) is 0 Å². The largest absolute Gasteiger partial charge is 0.491 e. The van der Waals surface area contributed by atoms with E-state index < -0.39 is 15.8 Å². The maximum atomic E-state index is 12.9. The molecule has 0 bridgehead atoms. The molecule has 0 aliphatic heterocycles. The Morgan fingerprint density at radius 1 is 1.13 bits per heavy atom. The molecule has 2 rings (SSSR count). The van der Waals surface area contributed by atoms with Gasteiger partial charge in [-0.15, -0.1) is 0 Å². The second kappa shape index (κ2) is 7.49. The predicted octanol–water partition coefficient (Wildman–Crippen LogP) is 3.80. The third kappa shape index (κ3) is 4.81. The van der Waals surface area contributed by atoms with Crippen LogP contribution in [0.4, 0.5) is 4.39 Å². The van der Waals surface area contributed by atoms with E-state index in [9.17, 15) is 12.8 Å². The van der Waals surface area contributed by atoms with Crippen LogP contribution in [0.1, 0.15) is 5.56 Å². The third-order valence-corrected chi connectivity index (χ3v) is 5.16. The molecule has 0 spiro atoms. The standard InChI is InChI=1S/C15H14Cl2FNO3S/c1-10-8-12(3-4-13(10)16)23(20,21)19-6-7-22-15-5-2-11(18)9-14(15)17/h2-5,8-9,19H,6-7H2,1H3. The van der Waals surface area contributed by atoms with Gasteiger partial charge >= 0.3 is 0 Å². The van der Waals surface area contributed by atoms with Crippen molar-refractivity contribution in [2.24, 2.45) is 0 Å². The van der Waals surface area contributed by atoms with Gasteiger partial charge in [-0.25, -0.2) is 17.5 Å². The van der Waals surface area contributed by atoms with Crippen molar-refractivity contribution in [2.75, 3.05) is 13.2 Å². The summed E-state index contributed by atoms with van der Waals surface area (Å²) >= 11 is 11.7. The highest BCUT2D eigenvalue weighted by atomic mass is 35.5. The molecule has 2 aromatic carbocycles. The van der Waals surface area contributed by atoms with Crippen LogP contribution in [-0.2, 0) is 10.0 Å². The second-order valence-corrected chi connectivity index (χ2v) is 7.31. The normalized spacial score (nSPS) is 11.5. The number of aryl methyl sites for hydroxylation is 1. The average Bonchev–Trinajstić information content (AvgIpc) is 2.48. The van der Waals surface area contributed by atoms with Gasteiger partial charge in [0.05, 0.1) is 9.92 Å². The van der Waals surface area contributed by atoms with Crippen molar-refractivity contribution < 1.29 is 17.5 Å². The number of benzene rings is 2. The van der Waals surface area contributed by atoms with Crippen LogP contribution in [0.3, 0.4) is 0 Å². The minimum Gasteiger partial charge on any atom is -0.491 e. The minimum absolute atomic E-state index is 0.0394. The number of hydrogen-bond acceptors (Lipinski definition) is 3. The summed E-state index contributed by atoms with van der Waals surface area (Å²) in [5, 5.41) is 0.624. The molecule has 0 saturated heterocycles. The first-order chi connectivity index (χ1) is 10.8. The van der Waals surface area contributed by atoms with Crippen LogP contribution in [0.15, 0.2) is 41.3 Å². The lowest BCUT2D eigenvalue weighted by molar-refractivity contribution is 0.322. The molecule has 8 heteroatoms. The molecule has 0 unspecified atom stereocenters. The van der Waals surface area contributed by atoms with E-state index in [2.05, 4.69) is 4.72 Å². The number of sulfonamides is 1. The van der Waals surface area contributed by atoms with Crippen molar-refractivity contribution in [3.63, 3.8) is 0 Å². The molecule has 0 fully saturated rings. The smallest absolute Gasteiger partial charge is 0.240 e. The lowest BCUT2D eigenvalue weighted by Gasteiger charge is -2.10.